The van der Waals surface area contributed by atoms with Crippen molar-refractivity contribution in [2.24, 2.45) is 0 Å². The fraction of sp³-hybridized carbons (Fsp3) is 0.154. The van der Waals surface area contributed by atoms with E-state index >= 15 is 0 Å². The van der Waals surface area contributed by atoms with Gasteiger partial charge in [0, 0.05) is 28.5 Å². The molecule has 0 spiro atoms. The topological polar surface area (TPSA) is 108 Å². The van der Waals surface area contributed by atoms with Gasteiger partial charge in [-0.15, -0.1) is 0 Å². The van der Waals surface area contributed by atoms with Gasteiger partial charge >= 0.3 is 6.09 Å². The summed E-state index contributed by atoms with van der Waals surface area (Å²) in [4.78, 5) is 16.4. The number of aromatic nitrogens is 5. The minimum atomic E-state index is -1.00. The number of fused-ring (bicyclic) bond motifs is 1. The lowest BCUT2D eigenvalue weighted by atomic mass is 9.72. The predicted molar refractivity (Wildman–Crippen MR) is 133 cm³/mol. The van der Waals surface area contributed by atoms with E-state index in [9.17, 15) is 9.90 Å². The lowest BCUT2D eigenvalue weighted by molar-refractivity contribution is 0.144. The number of benzene rings is 2. The Bertz CT molecular complexity index is 1520. The second-order valence-electron chi connectivity index (χ2n) is 8.72. The van der Waals surface area contributed by atoms with Crippen LogP contribution in [0.4, 0.5) is 4.79 Å². The van der Waals surface area contributed by atoms with Crippen molar-refractivity contribution in [1.29, 1.82) is 0 Å². The maximum Gasteiger partial charge on any atom is 0.405 e. The zero-order chi connectivity index (χ0) is 24.0. The van der Waals surface area contributed by atoms with Gasteiger partial charge in [-0.3, -0.25) is 5.10 Å². The number of rotatable bonds is 5. The predicted octanol–water partition coefficient (Wildman–Crippen LogP) is 5.75. The minimum Gasteiger partial charge on any atom is -0.465 e. The average molecular weight is 485 g/mol. The van der Waals surface area contributed by atoms with Crippen LogP contribution in [0.3, 0.4) is 0 Å². The van der Waals surface area contributed by atoms with Crippen molar-refractivity contribution in [3.63, 3.8) is 0 Å². The van der Waals surface area contributed by atoms with Crippen LogP contribution in [0, 0.1) is 0 Å². The third-order valence-electron chi connectivity index (χ3n) is 6.68. The minimum absolute atomic E-state index is 0.344. The number of carboxylic acid groups (broad SMARTS) is 1. The summed E-state index contributed by atoms with van der Waals surface area (Å²) in [6.07, 6.45) is 5.10. The van der Waals surface area contributed by atoms with Crippen LogP contribution in [0.1, 0.15) is 24.8 Å². The summed E-state index contributed by atoms with van der Waals surface area (Å²) in [5.41, 5.74) is 6.22. The zero-order valence-corrected chi connectivity index (χ0v) is 19.3. The first-order valence-electron chi connectivity index (χ1n) is 11.3. The Morgan fingerprint density at radius 2 is 1.83 bits per heavy atom. The molecule has 3 heterocycles. The van der Waals surface area contributed by atoms with Gasteiger partial charge in [0.15, 0.2) is 10.8 Å². The molecule has 3 N–H and O–H groups in total. The van der Waals surface area contributed by atoms with Crippen LogP contribution in [0.2, 0.25) is 5.15 Å². The summed E-state index contributed by atoms with van der Waals surface area (Å²) in [6.45, 7) is 0. The molecule has 0 atom stereocenters. The molecular formula is C26H21ClN6O2. The van der Waals surface area contributed by atoms with Crippen molar-refractivity contribution in [1.82, 2.24) is 30.1 Å². The summed E-state index contributed by atoms with van der Waals surface area (Å²) < 4.78 is 1.78. The highest BCUT2D eigenvalue weighted by Gasteiger charge is 2.40. The van der Waals surface area contributed by atoms with Crippen molar-refractivity contribution < 1.29 is 9.90 Å². The van der Waals surface area contributed by atoms with Gasteiger partial charge in [0.2, 0.25) is 0 Å². The molecule has 3 aromatic heterocycles. The third-order valence-corrected chi connectivity index (χ3v) is 6.86. The third kappa shape index (κ3) is 3.63. The van der Waals surface area contributed by atoms with Crippen molar-refractivity contribution in [3.8, 4) is 33.6 Å². The highest BCUT2D eigenvalue weighted by molar-refractivity contribution is 6.29. The number of aromatic amines is 1. The van der Waals surface area contributed by atoms with E-state index in [1.807, 2.05) is 54.6 Å². The molecule has 1 amide bonds. The normalized spacial score (nSPS) is 14.5. The van der Waals surface area contributed by atoms with Crippen molar-refractivity contribution in [2.75, 3.05) is 0 Å². The highest BCUT2D eigenvalue weighted by Crippen LogP contribution is 2.42. The maximum absolute atomic E-state index is 11.4. The molecule has 5 aromatic rings. The van der Waals surface area contributed by atoms with Crippen LogP contribution in [0.5, 0.6) is 0 Å². The second-order valence-corrected chi connectivity index (χ2v) is 9.11. The van der Waals surface area contributed by atoms with Gasteiger partial charge in [0.05, 0.1) is 17.4 Å². The number of carbonyl (C=O) groups is 1. The van der Waals surface area contributed by atoms with Crippen molar-refractivity contribution in [2.45, 2.75) is 24.8 Å². The molecule has 0 aliphatic heterocycles. The first kappa shape index (κ1) is 21.4. The van der Waals surface area contributed by atoms with Crippen molar-refractivity contribution >= 4 is 23.3 Å². The van der Waals surface area contributed by atoms with E-state index in [1.165, 1.54) is 0 Å². The van der Waals surface area contributed by atoms with E-state index in [1.54, 1.807) is 23.0 Å². The Kier molecular flexibility index (Phi) is 5.04. The first-order chi connectivity index (χ1) is 17.0. The number of hydrogen-bond donors (Lipinski definition) is 3. The van der Waals surface area contributed by atoms with E-state index in [0.717, 1.165) is 58.5 Å². The molecule has 1 fully saturated rings. The summed E-state index contributed by atoms with van der Waals surface area (Å²) in [6, 6.07) is 19.7. The number of imidazole rings is 1. The number of nitrogens with zero attached hydrogens (tertiary/aromatic N) is 4. The van der Waals surface area contributed by atoms with E-state index in [4.69, 9.17) is 16.6 Å². The highest BCUT2D eigenvalue weighted by atomic mass is 35.5. The van der Waals surface area contributed by atoms with Crippen molar-refractivity contribution in [3.05, 3.63) is 83.8 Å². The number of H-pyrrole nitrogens is 1. The number of nitrogens with one attached hydrogen (secondary N) is 2. The van der Waals surface area contributed by atoms with Gasteiger partial charge in [-0.05, 0) is 30.9 Å². The molecule has 0 saturated heterocycles. The van der Waals surface area contributed by atoms with E-state index < -0.39 is 11.6 Å². The molecule has 35 heavy (non-hydrogen) atoms. The van der Waals surface area contributed by atoms with Gasteiger partial charge in [0.25, 0.3) is 0 Å². The van der Waals surface area contributed by atoms with Crippen LogP contribution in [-0.2, 0) is 5.54 Å². The standard InChI is InChI=1S/C26H21ClN6O2/c27-21-13-20(18-14-28-29-15-18)24-30-22(23(33(24)32-21)17-5-2-1-3-6-17)16-7-9-19(10-8-16)26(11-4-12-26)31-25(34)35/h1-3,5-10,13-15,31H,4,11-12H2,(H,28,29)(H,34,35). The van der Waals surface area contributed by atoms with Gasteiger partial charge < -0.3 is 10.4 Å². The summed E-state index contributed by atoms with van der Waals surface area (Å²) >= 11 is 6.45. The lowest BCUT2D eigenvalue weighted by Gasteiger charge is -2.42. The van der Waals surface area contributed by atoms with Crippen LogP contribution >= 0.6 is 11.6 Å². The average Bonchev–Trinajstić information content (AvgIpc) is 3.50. The van der Waals surface area contributed by atoms with Gasteiger partial charge in [-0.1, -0.05) is 66.2 Å². The molecular weight excluding hydrogens is 464 g/mol. The monoisotopic (exact) mass is 484 g/mol. The Labute approximate surface area is 205 Å². The number of hydrogen-bond acceptors (Lipinski definition) is 4. The van der Waals surface area contributed by atoms with Gasteiger partial charge in [0.1, 0.15) is 5.69 Å². The largest absolute Gasteiger partial charge is 0.465 e. The molecule has 0 radical (unpaired) electrons. The van der Waals surface area contributed by atoms with Crippen LogP contribution in [-0.4, -0.2) is 36.0 Å². The molecule has 1 aliphatic rings. The molecule has 2 aromatic carbocycles. The first-order valence-corrected chi connectivity index (χ1v) is 11.7. The molecule has 0 bridgehead atoms. The van der Waals surface area contributed by atoms with E-state index in [2.05, 4.69) is 20.6 Å². The van der Waals surface area contributed by atoms with Crippen LogP contribution < -0.4 is 5.32 Å². The smallest absolute Gasteiger partial charge is 0.405 e. The molecule has 174 valence electrons. The molecule has 1 saturated carbocycles. The van der Waals surface area contributed by atoms with E-state index in [-0.39, 0.29) is 0 Å². The van der Waals surface area contributed by atoms with Crippen LogP contribution in [0.15, 0.2) is 73.1 Å². The maximum atomic E-state index is 11.4. The molecule has 9 heteroatoms. The van der Waals surface area contributed by atoms with E-state index in [0.29, 0.717) is 10.8 Å². The fourth-order valence-electron chi connectivity index (χ4n) is 4.83. The SMILES string of the molecule is O=C(O)NC1(c2ccc(-c3nc4c(-c5cn[nH]c5)cc(Cl)nn4c3-c3ccccc3)cc2)CCC1. The lowest BCUT2D eigenvalue weighted by Crippen LogP contribution is -2.50. The Hall–Kier alpha value is -4.17. The number of amides is 1. The summed E-state index contributed by atoms with van der Waals surface area (Å²) in [7, 11) is 0. The zero-order valence-electron chi connectivity index (χ0n) is 18.6. The molecule has 6 rings (SSSR count). The van der Waals surface area contributed by atoms with Crippen LogP contribution in [0.25, 0.3) is 39.3 Å². The molecule has 1 aliphatic carbocycles. The Morgan fingerprint density at radius 3 is 2.46 bits per heavy atom. The Balaban J connectivity index is 1.54. The molecule has 0 unspecified atom stereocenters. The summed E-state index contributed by atoms with van der Waals surface area (Å²) in [5.74, 6) is 0. The van der Waals surface area contributed by atoms with Gasteiger partial charge in [-0.25, -0.2) is 14.3 Å². The molecule has 8 nitrogen and oxygen atoms in total. The number of halogens is 1. The summed E-state index contributed by atoms with van der Waals surface area (Å²) in [5, 5.41) is 23.9. The quantitative estimate of drug-likeness (QED) is 0.294. The fourth-order valence-corrected chi connectivity index (χ4v) is 5.01. The Morgan fingerprint density at radius 1 is 1.06 bits per heavy atom. The second kappa shape index (κ2) is 8.25. The van der Waals surface area contributed by atoms with Gasteiger partial charge in [-0.2, -0.15) is 10.2 Å².